The minimum absolute atomic E-state index is 0. The highest BCUT2D eigenvalue weighted by atomic mass is 79.9. The van der Waals surface area contributed by atoms with Crippen molar-refractivity contribution in [3.8, 4) is 0 Å². The zero-order valence-electron chi connectivity index (χ0n) is 11.7. The Kier molecular flexibility index (Phi) is 8.93. The topological polar surface area (TPSA) is 72.2 Å². The Morgan fingerprint density at radius 1 is 1.40 bits per heavy atom. The predicted octanol–water partition coefficient (Wildman–Crippen LogP) is 2.98. The Bertz CT molecular complexity index is 523. The van der Waals surface area contributed by atoms with Gasteiger partial charge in [-0.15, -0.1) is 12.4 Å². The lowest BCUT2D eigenvalue weighted by molar-refractivity contribution is 0.516. The van der Waals surface area contributed by atoms with Gasteiger partial charge in [0.1, 0.15) is 0 Å². The fourth-order valence-electron chi connectivity index (χ4n) is 1.77. The van der Waals surface area contributed by atoms with Gasteiger partial charge in [0.25, 0.3) is 0 Å². The van der Waals surface area contributed by atoms with Gasteiger partial charge in [-0.2, -0.15) is 0 Å². The van der Waals surface area contributed by atoms with Crippen LogP contribution in [-0.4, -0.2) is 21.0 Å². The molecule has 1 aromatic carbocycles. The predicted molar refractivity (Wildman–Crippen MR) is 88.8 cm³/mol. The van der Waals surface area contributed by atoms with Crippen molar-refractivity contribution in [2.45, 2.75) is 44.0 Å². The largest absolute Gasteiger partial charge is 0.329 e. The van der Waals surface area contributed by atoms with Gasteiger partial charge in [0.05, 0.1) is 4.90 Å². The molecule has 116 valence electrons. The number of aryl methyl sites for hydroxylation is 1. The first-order valence-electron chi connectivity index (χ1n) is 6.39. The third kappa shape index (κ3) is 5.69. The standard InChI is InChI=1S/C13H21BrN2O2S.ClH/c1-3-4-5-11(9-15)16-19(17,18)13-8-10(2)6-7-12(13)14;/h6-8,11,16H,3-5,9,15H2,1-2H3;1H. The molecule has 7 heteroatoms. The third-order valence-corrected chi connectivity index (χ3v) is 5.40. The van der Waals surface area contributed by atoms with Crippen molar-refractivity contribution in [3.05, 3.63) is 28.2 Å². The molecule has 3 N–H and O–H groups in total. The Labute approximate surface area is 136 Å². The summed E-state index contributed by atoms with van der Waals surface area (Å²) in [6, 6.07) is 5.05. The third-order valence-electron chi connectivity index (χ3n) is 2.89. The van der Waals surface area contributed by atoms with Gasteiger partial charge in [-0.1, -0.05) is 25.8 Å². The van der Waals surface area contributed by atoms with Gasteiger partial charge in [0.15, 0.2) is 0 Å². The molecule has 1 rings (SSSR count). The summed E-state index contributed by atoms with van der Waals surface area (Å²) in [5.41, 5.74) is 6.53. The lowest BCUT2D eigenvalue weighted by Crippen LogP contribution is -2.40. The summed E-state index contributed by atoms with van der Waals surface area (Å²) < 4.78 is 27.9. The minimum Gasteiger partial charge on any atom is -0.329 e. The first kappa shape index (κ1) is 19.9. The molecule has 0 aliphatic carbocycles. The van der Waals surface area contributed by atoms with Gasteiger partial charge in [-0.25, -0.2) is 13.1 Å². The van der Waals surface area contributed by atoms with Crippen LogP contribution in [0.4, 0.5) is 0 Å². The molecule has 0 saturated carbocycles. The smallest absolute Gasteiger partial charge is 0.241 e. The average molecular weight is 386 g/mol. The van der Waals surface area contributed by atoms with Crippen LogP contribution in [0, 0.1) is 6.92 Å². The maximum Gasteiger partial charge on any atom is 0.241 e. The molecule has 0 aliphatic heterocycles. The molecule has 0 fully saturated rings. The molecule has 0 bridgehead atoms. The second-order valence-corrected chi connectivity index (χ2v) is 7.17. The number of nitrogens with two attached hydrogens (primary N) is 1. The molecular weight excluding hydrogens is 364 g/mol. The summed E-state index contributed by atoms with van der Waals surface area (Å²) in [5.74, 6) is 0. The van der Waals surface area contributed by atoms with E-state index >= 15 is 0 Å². The second kappa shape index (κ2) is 9.00. The number of unbranched alkanes of at least 4 members (excludes halogenated alkanes) is 1. The molecule has 0 saturated heterocycles. The van der Waals surface area contributed by atoms with Gasteiger partial charge in [-0.05, 0) is 47.0 Å². The first-order valence-corrected chi connectivity index (χ1v) is 8.67. The van der Waals surface area contributed by atoms with Crippen molar-refractivity contribution in [2.75, 3.05) is 6.54 Å². The number of hydrogen-bond donors (Lipinski definition) is 2. The Morgan fingerprint density at radius 2 is 2.05 bits per heavy atom. The van der Waals surface area contributed by atoms with Gasteiger partial charge >= 0.3 is 0 Å². The van der Waals surface area contributed by atoms with E-state index in [9.17, 15) is 8.42 Å². The molecule has 4 nitrogen and oxygen atoms in total. The van der Waals surface area contributed by atoms with E-state index in [1.165, 1.54) is 0 Å². The number of nitrogens with one attached hydrogen (secondary N) is 1. The molecule has 0 radical (unpaired) electrons. The maximum absolute atomic E-state index is 12.3. The molecular formula is C13H22BrClN2O2S. The Balaban J connectivity index is 0.00000361. The highest BCUT2D eigenvalue weighted by Crippen LogP contribution is 2.23. The molecule has 20 heavy (non-hydrogen) atoms. The van der Waals surface area contributed by atoms with Gasteiger partial charge in [-0.3, -0.25) is 0 Å². The molecule has 0 spiro atoms. The highest BCUT2D eigenvalue weighted by molar-refractivity contribution is 9.10. The summed E-state index contributed by atoms with van der Waals surface area (Å²) >= 11 is 3.28. The van der Waals surface area contributed by atoms with Gasteiger partial charge in [0, 0.05) is 17.1 Å². The Morgan fingerprint density at radius 3 is 2.60 bits per heavy atom. The van der Waals surface area contributed by atoms with Gasteiger partial charge < -0.3 is 5.73 Å². The summed E-state index contributed by atoms with van der Waals surface area (Å²) in [4.78, 5) is 0.266. The monoisotopic (exact) mass is 384 g/mol. The van der Waals surface area contributed by atoms with Crippen molar-refractivity contribution in [1.29, 1.82) is 0 Å². The lowest BCUT2D eigenvalue weighted by Gasteiger charge is -2.17. The Hall–Kier alpha value is -0.140. The van der Waals surface area contributed by atoms with E-state index in [0.717, 1.165) is 24.8 Å². The molecule has 1 aromatic rings. The summed E-state index contributed by atoms with van der Waals surface area (Å²) in [6.45, 7) is 4.24. The zero-order valence-corrected chi connectivity index (χ0v) is 14.9. The fourth-order valence-corrected chi connectivity index (χ4v) is 4.11. The number of benzene rings is 1. The van der Waals surface area contributed by atoms with Crippen molar-refractivity contribution in [3.63, 3.8) is 0 Å². The molecule has 0 aliphatic rings. The van der Waals surface area contributed by atoms with Crippen molar-refractivity contribution < 1.29 is 8.42 Å². The molecule has 0 amide bonds. The number of hydrogen-bond acceptors (Lipinski definition) is 3. The zero-order chi connectivity index (χ0) is 14.5. The van der Waals surface area contributed by atoms with Crippen LogP contribution >= 0.6 is 28.3 Å². The lowest BCUT2D eigenvalue weighted by atomic mass is 10.1. The molecule has 0 heterocycles. The van der Waals surface area contributed by atoms with Gasteiger partial charge in [0.2, 0.25) is 10.0 Å². The van der Waals surface area contributed by atoms with E-state index in [1.807, 2.05) is 13.0 Å². The van der Waals surface area contributed by atoms with Crippen LogP contribution in [0.2, 0.25) is 0 Å². The van der Waals surface area contributed by atoms with Crippen molar-refractivity contribution >= 4 is 38.4 Å². The highest BCUT2D eigenvalue weighted by Gasteiger charge is 2.21. The van der Waals surface area contributed by atoms with Crippen LogP contribution in [0.3, 0.4) is 0 Å². The summed E-state index contributed by atoms with van der Waals surface area (Å²) in [7, 11) is -3.53. The summed E-state index contributed by atoms with van der Waals surface area (Å²) in [5, 5.41) is 0. The molecule has 1 atom stereocenters. The SMILES string of the molecule is CCCCC(CN)NS(=O)(=O)c1cc(C)ccc1Br.Cl. The maximum atomic E-state index is 12.3. The van der Waals surface area contributed by atoms with Crippen LogP contribution in [0.5, 0.6) is 0 Å². The number of sulfonamides is 1. The quantitative estimate of drug-likeness (QED) is 0.758. The van der Waals surface area contributed by atoms with E-state index in [0.29, 0.717) is 11.0 Å². The van der Waals surface area contributed by atoms with Crippen LogP contribution in [0.25, 0.3) is 0 Å². The molecule has 1 unspecified atom stereocenters. The van der Waals surface area contributed by atoms with Crippen molar-refractivity contribution in [1.82, 2.24) is 4.72 Å². The summed E-state index contributed by atoms with van der Waals surface area (Å²) in [6.07, 6.45) is 2.74. The van der Waals surface area contributed by atoms with E-state index < -0.39 is 10.0 Å². The van der Waals surface area contributed by atoms with E-state index in [2.05, 4.69) is 27.6 Å². The van der Waals surface area contributed by atoms with Crippen LogP contribution in [0.15, 0.2) is 27.6 Å². The van der Waals surface area contributed by atoms with E-state index in [4.69, 9.17) is 5.73 Å². The van der Waals surface area contributed by atoms with Crippen LogP contribution in [-0.2, 0) is 10.0 Å². The minimum atomic E-state index is -3.53. The second-order valence-electron chi connectivity index (χ2n) is 4.63. The van der Waals surface area contributed by atoms with E-state index in [-0.39, 0.29) is 23.3 Å². The van der Waals surface area contributed by atoms with Crippen LogP contribution < -0.4 is 10.5 Å². The van der Waals surface area contributed by atoms with E-state index in [1.54, 1.807) is 12.1 Å². The first-order chi connectivity index (χ1) is 8.90. The van der Waals surface area contributed by atoms with Crippen molar-refractivity contribution in [2.24, 2.45) is 5.73 Å². The number of rotatable bonds is 7. The fraction of sp³-hybridized carbons (Fsp3) is 0.538. The molecule has 0 aromatic heterocycles. The van der Waals surface area contributed by atoms with Crippen LogP contribution in [0.1, 0.15) is 31.7 Å². The number of halogens is 2. The average Bonchev–Trinajstić information content (AvgIpc) is 2.37. The normalized spacial score (nSPS) is 12.8.